The summed E-state index contributed by atoms with van der Waals surface area (Å²) in [6.07, 6.45) is 6.62. The van der Waals surface area contributed by atoms with Gasteiger partial charge in [-0.05, 0) is 36.2 Å². The van der Waals surface area contributed by atoms with Gasteiger partial charge in [-0.25, -0.2) is 9.97 Å². The number of hydrogen-bond donors (Lipinski definition) is 1. The van der Waals surface area contributed by atoms with Crippen LogP contribution in [0, 0.1) is 0 Å². The first-order chi connectivity index (χ1) is 11.3. The molecular weight excluding hydrogens is 292 g/mol. The number of ether oxygens (including phenoxy) is 2. The maximum absolute atomic E-state index is 5.67. The van der Waals surface area contributed by atoms with Crippen molar-refractivity contribution in [1.29, 1.82) is 0 Å². The fourth-order valence-corrected chi connectivity index (χ4v) is 1.88. The number of methoxy groups -OCH3 is 1. The molecule has 0 atom stereocenters. The number of aromatic nitrogens is 2. The van der Waals surface area contributed by atoms with Gasteiger partial charge in [-0.15, -0.1) is 0 Å². The standard InChI is InChI=1S/C17H22N4O2/c1-3-4-5-10-23-15-8-6-14(7-9-15)12-20-21-16-11-17(22-2)19-13-18-16/h6-9,11-13H,3-5,10H2,1-2H3,(H,18,19,21)/b20-12-. The van der Waals surface area contributed by atoms with Gasteiger partial charge in [0.05, 0.1) is 19.9 Å². The van der Waals surface area contributed by atoms with Gasteiger partial charge < -0.3 is 9.47 Å². The van der Waals surface area contributed by atoms with Gasteiger partial charge in [0, 0.05) is 6.07 Å². The molecule has 6 nitrogen and oxygen atoms in total. The molecule has 23 heavy (non-hydrogen) atoms. The highest BCUT2D eigenvalue weighted by atomic mass is 16.5. The molecule has 0 amide bonds. The van der Waals surface area contributed by atoms with E-state index in [-0.39, 0.29) is 0 Å². The second kappa shape index (κ2) is 9.40. The average Bonchev–Trinajstić information content (AvgIpc) is 2.60. The summed E-state index contributed by atoms with van der Waals surface area (Å²) in [5.41, 5.74) is 3.81. The van der Waals surface area contributed by atoms with E-state index in [0.29, 0.717) is 11.7 Å². The normalized spacial score (nSPS) is 10.7. The monoisotopic (exact) mass is 314 g/mol. The summed E-state index contributed by atoms with van der Waals surface area (Å²) in [6.45, 7) is 2.94. The van der Waals surface area contributed by atoms with Gasteiger partial charge in [-0.3, -0.25) is 5.43 Å². The second-order valence-electron chi connectivity index (χ2n) is 4.94. The van der Waals surface area contributed by atoms with Crippen molar-refractivity contribution in [3.63, 3.8) is 0 Å². The van der Waals surface area contributed by atoms with Crippen LogP contribution in [0.3, 0.4) is 0 Å². The van der Waals surface area contributed by atoms with Crippen molar-refractivity contribution in [1.82, 2.24) is 9.97 Å². The highest BCUT2D eigenvalue weighted by Gasteiger charge is 1.97. The summed E-state index contributed by atoms with van der Waals surface area (Å²) in [6, 6.07) is 9.48. The lowest BCUT2D eigenvalue weighted by molar-refractivity contribution is 0.306. The van der Waals surface area contributed by atoms with Crippen LogP contribution in [0.1, 0.15) is 31.7 Å². The number of unbranched alkanes of at least 4 members (excludes halogenated alkanes) is 2. The van der Waals surface area contributed by atoms with Gasteiger partial charge >= 0.3 is 0 Å². The van der Waals surface area contributed by atoms with Crippen LogP contribution in [-0.4, -0.2) is 29.9 Å². The van der Waals surface area contributed by atoms with Crippen molar-refractivity contribution in [3.8, 4) is 11.6 Å². The van der Waals surface area contributed by atoms with E-state index in [1.807, 2.05) is 24.3 Å². The summed E-state index contributed by atoms with van der Waals surface area (Å²) in [5.74, 6) is 1.94. The third kappa shape index (κ3) is 5.94. The van der Waals surface area contributed by atoms with Crippen LogP contribution in [0.2, 0.25) is 0 Å². The molecule has 0 bridgehead atoms. The molecular formula is C17H22N4O2. The molecule has 1 heterocycles. The highest BCUT2D eigenvalue weighted by molar-refractivity contribution is 5.80. The number of anilines is 1. The van der Waals surface area contributed by atoms with E-state index in [4.69, 9.17) is 9.47 Å². The van der Waals surface area contributed by atoms with Crippen LogP contribution in [0.5, 0.6) is 11.6 Å². The topological polar surface area (TPSA) is 68.6 Å². The molecule has 0 radical (unpaired) electrons. The van der Waals surface area contributed by atoms with Crippen molar-refractivity contribution < 1.29 is 9.47 Å². The summed E-state index contributed by atoms with van der Waals surface area (Å²) < 4.78 is 10.7. The minimum atomic E-state index is 0.488. The molecule has 2 aromatic rings. The van der Waals surface area contributed by atoms with E-state index in [9.17, 15) is 0 Å². The van der Waals surface area contributed by atoms with Crippen molar-refractivity contribution in [2.24, 2.45) is 5.10 Å². The van der Waals surface area contributed by atoms with Crippen LogP contribution in [0.15, 0.2) is 41.8 Å². The molecule has 0 fully saturated rings. The molecule has 0 saturated carbocycles. The second-order valence-corrected chi connectivity index (χ2v) is 4.94. The largest absolute Gasteiger partial charge is 0.494 e. The number of hydrogen-bond acceptors (Lipinski definition) is 6. The minimum Gasteiger partial charge on any atom is -0.494 e. The predicted octanol–water partition coefficient (Wildman–Crippen LogP) is 3.50. The molecule has 0 aliphatic rings. The van der Waals surface area contributed by atoms with Crippen LogP contribution < -0.4 is 14.9 Å². The molecule has 0 aliphatic carbocycles. The average molecular weight is 314 g/mol. The summed E-state index contributed by atoms with van der Waals surface area (Å²) in [5, 5.41) is 4.14. The lowest BCUT2D eigenvalue weighted by Gasteiger charge is -2.05. The van der Waals surface area contributed by atoms with Crippen molar-refractivity contribution in [2.45, 2.75) is 26.2 Å². The number of benzene rings is 1. The third-order valence-electron chi connectivity index (χ3n) is 3.14. The van der Waals surface area contributed by atoms with E-state index in [1.165, 1.54) is 19.2 Å². The van der Waals surface area contributed by atoms with Crippen molar-refractivity contribution in [3.05, 3.63) is 42.2 Å². The van der Waals surface area contributed by atoms with E-state index in [2.05, 4.69) is 27.4 Å². The molecule has 0 aliphatic heterocycles. The molecule has 1 N–H and O–H groups in total. The Morgan fingerprint density at radius 1 is 1.17 bits per heavy atom. The Hall–Kier alpha value is -2.63. The van der Waals surface area contributed by atoms with Gasteiger partial charge in [-0.2, -0.15) is 5.10 Å². The lowest BCUT2D eigenvalue weighted by Crippen LogP contribution is -1.97. The smallest absolute Gasteiger partial charge is 0.218 e. The first-order valence-electron chi connectivity index (χ1n) is 7.70. The zero-order valence-corrected chi connectivity index (χ0v) is 13.5. The van der Waals surface area contributed by atoms with E-state index in [1.54, 1.807) is 19.4 Å². The van der Waals surface area contributed by atoms with Crippen molar-refractivity contribution in [2.75, 3.05) is 19.1 Å². The maximum Gasteiger partial charge on any atom is 0.218 e. The first-order valence-corrected chi connectivity index (χ1v) is 7.70. The van der Waals surface area contributed by atoms with E-state index >= 15 is 0 Å². The SMILES string of the molecule is CCCCCOc1ccc(/C=N\Nc2cc(OC)ncn2)cc1. The Morgan fingerprint density at radius 3 is 2.74 bits per heavy atom. The number of nitrogens with one attached hydrogen (secondary N) is 1. The zero-order chi connectivity index (χ0) is 16.3. The lowest BCUT2D eigenvalue weighted by atomic mass is 10.2. The zero-order valence-electron chi connectivity index (χ0n) is 13.5. The van der Waals surface area contributed by atoms with Crippen molar-refractivity contribution >= 4 is 12.0 Å². The number of hydrazone groups is 1. The van der Waals surface area contributed by atoms with Crippen LogP contribution in [0.4, 0.5) is 5.82 Å². The highest BCUT2D eigenvalue weighted by Crippen LogP contribution is 2.12. The van der Waals surface area contributed by atoms with Gasteiger partial charge in [-0.1, -0.05) is 19.8 Å². The fraction of sp³-hybridized carbons (Fsp3) is 0.353. The van der Waals surface area contributed by atoms with E-state index < -0.39 is 0 Å². The fourth-order valence-electron chi connectivity index (χ4n) is 1.88. The van der Waals surface area contributed by atoms with Crippen LogP contribution in [0.25, 0.3) is 0 Å². The van der Waals surface area contributed by atoms with Gasteiger partial charge in [0.25, 0.3) is 0 Å². The van der Waals surface area contributed by atoms with Gasteiger partial charge in [0.15, 0.2) is 5.82 Å². The maximum atomic E-state index is 5.67. The molecule has 0 saturated heterocycles. The Balaban J connectivity index is 1.82. The van der Waals surface area contributed by atoms with Crippen LogP contribution >= 0.6 is 0 Å². The summed E-state index contributed by atoms with van der Waals surface area (Å²) in [7, 11) is 1.56. The number of nitrogens with zero attached hydrogens (tertiary/aromatic N) is 3. The molecule has 122 valence electrons. The van der Waals surface area contributed by atoms with E-state index in [0.717, 1.165) is 24.3 Å². The summed E-state index contributed by atoms with van der Waals surface area (Å²) >= 11 is 0. The van der Waals surface area contributed by atoms with Gasteiger partial charge in [0.1, 0.15) is 12.1 Å². The Bertz CT molecular complexity index is 614. The molecule has 0 unspecified atom stereocenters. The first kappa shape index (κ1) is 16.7. The molecule has 0 spiro atoms. The number of rotatable bonds is 9. The molecule has 1 aromatic carbocycles. The predicted molar refractivity (Wildman–Crippen MR) is 91.3 cm³/mol. The van der Waals surface area contributed by atoms with Crippen LogP contribution in [-0.2, 0) is 0 Å². The summed E-state index contributed by atoms with van der Waals surface area (Å²) in [4.78, 5) is 7.98. The quantitative estimate of drug-likeness (QED) is 0.436. The Labute approximate surface area is 136 Å². The van der Waals surface area contributed by atoms with Gasteiger partial charge in [0.2, 0.25) is 5.88 Å². The molecule has 1 aromatic heterocycles. The minimum absolute atomic E-state index is 0.488. The molecule has 6 heteroatoms. The molecule has 2 rings (SSSR count). The Morgan fingerprint density at radius 2 is 2.00 bits per heavy atom. The Kier molecular flexibility index (Phi) is 6.84. The third-order valence-corrected chi connectivity index (χ3v) is 3.14.